The van der Waals surface area contributed by atoms with E-state index in [1.165, 1.54) is 6.07 Å². The molecule has 2 unspecified atom stereocenters. The Morgan fingerprint density at radius 3 is 2.37 bits per heavy atom. The monoisotopic (exact) mass is 289 g/mol. The van der Waals surface area contributed by atoms with Crippen molar-refractivity contribution in [1.82, 2.24) is 5.32 Å². The van der Waals surface area contributed by atoms with E-state index < -0.39 is 11.6 Å². The van der Waals surface area contributed by atoms with Crippen LogP contribution in [0.3, 0.4) is 0 Å². The molecule has 4 heteroatoms. The standard InChI is InChI=1S/C15H22ClF2N/c1-4-6-7-10(5-2)15(19-3)11-8-13(17)14(18)9-12(11)16/h8-10,15,19H,4-7H2,1-3H3. The van der Waals surface area contributed by atoms with Crippen LogP contribution in [0.5, 0.6) is 0 Å². The summed E-state index contributed by atoms with van der Waals surface area (Å²) < 4.78 is 26.5. The zero-order valence-electron chi connectivity index (χ0n) is 11.8. The van der Waals surface area contributed by atoms with Crippen molar-refractivity contribution in [3.8, 4) is 0 Å². The van der Waals surface area contributed by atoms with E-state index in [2.05, 4.69) is 19.2 Å². The second-order valence-electron chi connectivity index (χ2n) is 4.86. The fourth-order valence-electron chi connectivity index (χ4n) is 2.49. The summed E-state index contributed by atoms with van der Waals surface area (Å²) >= 11 is 6.06. The van der Waals surface area contributed by atoms with Crippen LogP contribution in [0.4, 0.5) is 8.78 Å². The Hall–Kier alpha value is -0.670. The van der Waals surface area contributed by atoms with Crippen molar-refractivity contribution < 1.29 is 8.78 Å². The summed E-state index contributed by atoms with van der Waals surface area (Å²) in [4.78, 5) is 0. The van der Waals surface area contributed by atoms with Gasteiger partial charge in [-0.05, 0) is 37.1 Å². The molecule has 1 aromatic carbocycles. The van der Waals surface area contributed by atoms with Crippen LogP contribution in [-0.2, 0) is 0 Å². The third-order valence-corrected chi connectivity index (χ3v) is 3.94. The molecule has 1 aromatic rings. The quantitative estimate of drug-likeness (QED) is 0.689. The number of hydrogen-bond donors (Lipinski definition) is 1. The summed E-state index contributed by atoms with van der Waals surface area (Å²) in [6.45, 7) is 4.25. The minimum absolute atomic E-state index is 0.0425. The number of rotatable bonds is 7. The molecule has 0 saturated heterocycles. The van der Waals surface area contributed by atoms with Crippen molar-refractivity contribution >= 4 is 11.6 Å². The topological polar surface area (TPSA) is 12.0 Å². The Labute approximate surface area is 119 Å². The number of halogens is 3. The maximum Gasteiger partial charge on any atom is 0.160 e. The van der Waals surface area contributed by atoms with Crippen LogP contribution in [-0.4, -0.2) is 7.05 Å². The van der Waals surface area contributed by atoms with E-state index in [1.807, 2.05) is 7.05 Å². The molecule has 2 atom stereocenters. The van der Waals surface area contributed by atoms with Gasteiger partial charge >= 0.3 is 0 Å². The van der Waals surface area contributed by atoms with Crippen molar-refractivity contribution in [2.45, 2.75) is 45.6 Å². The fourth-order valence-corrected chi connectivity index (χ4v) is 2.76. The highest BCUT2D eigenvalue weighted by atomic mass is 35.5. The first-order chi connectivity index (χ1) is 9.04. The number of hydrogen-bond acceptors (Lipinski definition) is 1. The molecule has 0 saturated carbocycles. The Morgan fingerprint density at radius 1 is 1.21 bits per heavy atom. The van der Waals surface area contributed by atoms with E-state index in [-0.39, 0.29) is 11.1 Å². The molecule has 0 aliphatic heterocycles. The van der Waals surface area contributed by atoms with Gasteiger partial charge in [0.1, 0.15) is 0 Å². The van der Waals surface area contributed by atoms with Gasteiger partial charge in [-0.15, -0.1) is 0 Å². The molecule has 0 fully saturated rings. The first-order valence-electron chi connectivity index (χ1n) is 6.86. The molecule has 0 aliphatic rings. The highest BCUT2D eigenvalue weighted by Crippen LogP contribution is 2.34. The van der Waals surface area contributed by atoms with E-state index >= 15 is 0 Å². The molecule has 0 heterocycles. The predicted octanol–water partition coefficient (Wildman–Crippen LogP) is 5.10. The molecule has 108 valence electrons. The number of benzene rings is 1. The second-order valence-corrected chi connectivity index (χ2v) is 5.27. The lowest BCUT2D eigenvalue weighted by molar-refractivity contribution is 0.337. The zero-order chi connectivity index (χ0) is 14.4. The lowest BCUT2D eigenvalue weighted by atomic mass is 9.87. The summed E-state index contributed by atoms with van der Waals surface area (Å²) in [5.41, 5.74) is 0.644. The van der Waals surface area contributed by atoms with Gasteiger partial charge in [-0.25, -0.2) is 8.78 Å². The van der Waals surface area contributed by atoms with Gasteiger partial charge in [-0.3, -0.25) is 0 Å². The van der Waals surface area contributed by atoms with E-state index in [0.717, 1.165) is 31.7 Å². The van der Waals surface area contributed by atoms with Crippen LogP contribution >= 0.6 is 11.6 Å². The third kappa shape index (κ3) is 4.15. The van der Waals surface area contributed by atoms with Crippen molar-refractivity contribution in [3.63, 3.8) is 0 Å². The Kier molecular flexibility index (Phi) is 6.73. The minimum atomic E-state index is -0.898. The van der Waals surface area contributed by atoms with Crippen LogP contribution < -0.4 is 5.32 Å². The van der Waals surface area contributed by atoms with Crippen molar-refractivity contribution in [3.05, 3.63) is 34.4 Å². The van der Waals surface area contributed by atoms with Crippen LogP contribution in [0, 0.1) is 17.6 Å². The summed E-state index contributed by atoms with van der Waals surface area (Å²) in [6.07, 6.45) is 4.27. The van der Waals surface area contributed by atoms with Gasteiger partial charge < -0.3 is 5.32 Å². The van der Waals surface area contributed by atoms with Gasteiger partial charge in [0.05, 0.1) is 0 Å². The van der Waals surface area contributed by atoms with E-state index in [0.29, 0.717) is 11.5 Å². The molecule has 19 heavy (non-hydrogen) atoms. The summed E-state index contributed by atoms with van der Waals surface area (Å²) in [6, 6.07) is 2.23. The lowest BCUT2D eigenvalue weighted by Gasteiger charge is -2.27. The first-order valence-corrected chi connectivity index (χ1v) is 7.24. The van der Waals surface area contributed by atoms with Crippen LogP contribution in [0.15, 0.2) is 12.1 Å². The Bertz CT molecular complexity index is 409. The van der Waals surface area contributed by atoms with Crippen molar-refractivity contribution in [2.24, 2.45) is 5.92 Å². The molecule has 0 bridgehead atoms. The molecule has 0 amide bonds. The minimum Gasteiger partial charge on any atom is -0.313 e. The van der Waals surface area contributed by atoms with Gasteiger partial charge in [0, 0.05) is 11.1 Å². The summed E-state index contributed by atoms with van der Waals surface area (Å²) in [7, 11) is 1.83. The molecule has 0 radical (unpaired) electrons. The molecular formula is C15H22ClF2N. The smallest absolute Gasteiger partial charge is 0.160 e. The molecule has 1 nitrogen and oxygen atoms in total. The lowest BCUT2D eigenvalue weighted by Crippen LogP contribution is -2.25. The summed E-state index contributed by atoms with van der Waals surface area (Å²) in [5, 5.41) is 3.48. The molecule has 1 N–H and O–H groups in total. The molecule has 0 aromatic heterocycles. The zero-order valence-corrected chi connectivity index (χ0v) is 12.5. The maximum atomic E-state index is 13.4. The first kappa shape index (κ1) is 16.4. The Morgan fingerprint density at radius 2 is 1.84 bits per heavy atom. The highest BCUT2D eigenvalue weighted by Gasteiger charge is 2.23. The van der Waals surface area contributed by atoms with Crippen LogP contribution in [0.25, 0.3) is 0 Å². The third-order valence-electron chi connectivity index (χ3n) is 3.61. The SMILES string of the molecule is CCCCC(CC)C(NC)c1cc(F)c(F)cc1Cl. The predicted molar refractivity (Wildman–Crippen MR) is 76.5 cm³/mol. The number of nitrogens with one attached hydrogen (secondary N) is 1. The van der Waals surface area contributed by atoms with Gasteiger partial charge in [-0.2, -0.15) is 0 Å². The Balaban J connectivity index is 3.04. The second kappa shape index (κ2) is 7.81. The van der Waals surface area contributed by atoms with Gasteiger partial charge in [0.2, 0.25) is 0 Å². The van der Waals surface area contributed by atoms with Crippen LogP contribution in [0.1, 0.15) is 51.1 Å². The van der Waals surface area contributed by atoms with Gasteiger partial charge in [0.25, 0.3) is 0 Å². The molecule has 0 spiro atoms. The van der Waals surface area contributed by atoms with E-state index in [1.54, 1.807) is 0 Å². The van der Waals surface area contributed by atoms with Crippen molar-refractivity contribution in [1.29, 1.82) is 0 Å². The molecule has 1 rings (SSSR count). The normalized spacial score (nSPS) is 14.4. The van der Waals surface area contributed by atoms with Crippen molar-refractivity contribution in [2.75, 3.05) is 7.05 Å². The molecule has 0 aliphatic carbocycles. The highest BCUT2D eigenvalue weighted by molar-refractivity contribution is 6.31. The molecular weight excluding hydrogens is 268 g/mol. The summed E-state index contributed by atoms with van der Waals surface area (Å²) in [5.74, 6) is -1.37. The average Bonchev–Trinajstić information content (AvgIpc) is 2.39. The van der Waals surface area contributed by atoms with Gasteiger partial charge in [-0.1, -0.05) is 44.7 Å². The average molecular weight is 290 g/mol. The van der Waals surface area contributed by atoms with E-state index in [9.17, 15) is 8.78 Å². The fraction of sp³-hybridized carbons (Fsp3) is 0.600. The maximum absolute atomic E-state index is 13.4. The number of unbranched alkanes of at least 4 members (excludes halogenated alkanes) is 1. The van der Waals surface area contributed by atoms with Crippen LogP contribution in [0.2, 0.25) is 5.02 Å². The largest absolute Gasteiger partial charge is 0.313 e. The van der Waals surface area contributed by atoms with Gasteiger partial charge in [0.15, 0.2) is 11.6 Å². The van der Waals surface area contributed by atoms with E-state index in [4.69, 9.17) is 11.6 Å².